The fourth-order valence-electron chi connectivity index (χ4n) is 5.57. The van der Waals surface area contributed by atoms with Gasteiger partial charge >= 0.3 is 6.18 Å². The third-order valence-electron chi connectivity index (χ3n) is 6.89. The molecule has 2 aromatic rings. The molecule has 37 heavy (non-hydrogen) atoms. The summed E-state index contributed by atoms with van der Waals surface area (Å²) in [5, 5.41) is 7.31. The van der Waals surface area contributed by atoms with Gasteiger partial charge in [-0.3, -0.25) is 9.59 Å². The fourth-order valence-corrected chi connectivity index (χ4v) is 5.57. The first-order chi connectivity index (χ1) is 17.0. The third-order valence-corrected chi connectivity index (χ3v) is 6.89. The molecule has 10 heteroatoms. The molecule has 2 heterocycles. The number of nitrogens with one attached hydrogen (secondary N) is 1. The van der Waals surface area contributed by atoms with Crippen LogP contribution >= 0.6 is 0 Å². The Balaban J connectivity index is 1.74. The SMILES string of the molecule is CC(C)(C)CN1CCC[C@H](Nc2cc(-n3nc(C(F)(F)F)c4c3CC(C)(C)CC4=O)ccc2C(N)=O)C1. The minimum Gasteiger partial charge on any atom is -0.380 e. The lowest BCUT2D eigenvalue weighted by Gasteiger charge is -2.37. The average molecular weight is 520 g/mol. The quantitative estimate of drug-likeness (QED) is 0.576. The van der Waals surface area contributed by atoms with E-state index in [2.05, 4.69) is 36.1 Å². The van der Waals surface area contributed by atoms with Crippen LogP contribution in [-0.4, -0.2) is 52.0 Å². The molecule has 1 amide bonds. The van der Waals surface area contributed by atoms with Gasteiger partial charge in [-0.2, -0.15) is 18.3 Å². The first-order valence-electron chi connectivity index (χ1n) is 12.7. The summed E-state index contributed by atoms with van der Waals surface area (Å²) in [6, 6.07) is 4.69. The first-order valence-corrected chi connectivity index (χ1v) is 12.7. The van der Waals surface area contributed by atoms with E-state index in [1.54, 1.807) is 6.07 Å². The van der Waals surface area contributed by atoms with Crippen molar-refractivity contribution in [1.82, 2.24) is 14.7 Å². The molecule has 1 fully saturated rings. The highest BCUT2D eigenvalue weighted by Crippen LogP contribution is 2.42. The molecule has 0 radical (unpaired) electrons. The summed E-state index contributed by atoms with van der Waals surface area (Å²) in [5.74, 6) is -1.19. The Hall–Kier alpha value is -2.88. The molecular weight excluding hydrogens is 483 g/mol. The number of piperidine rings is 1. The number of Topliss-reactive ketones (excluding diaryl/α,β-unsaturated/α-hetero) is 1. The maximum absolute atomic E-state index is 13.9. The number of carbonyl (C=O) groups excluding carboxylic acids is 2. The van der Waals surface area contributed by atoms with Gasteiger partial charge in [0.15, 0.2) is 11.5 Å². The molecule has 7 nitrogen and oxygen atoms in total. The predicted octanol–water partition coefficient (Wildman–Crippen LogP) is 5.07. The predicted molar refractivity (Wildman–Crippen MR) is 136 cm³/mol. The van der Waals surface area contributed by atoms with Crippen LogP contribution in [0.4, 0.5) is 18.9 Å². The summed E-state index contributed by atoms with van der Waals surface area (Å²) in [4.78, 5) is 27.4. The Morgan fingerprint density at radius 1 is 1.22 bits per heavy atom. The molecule has 1 aliphatic carbocycles. The zero-order chi connectivity index (χ0) is 27.3. The number of alkyl halides is 3. The lowest BCUT2D eigenvalue weighted by molar-refractivity contribution is -0.141. The van der Waals surface area contributed by atoms with Crippen molar-refractivity contribution >= 4 is 17.4 Å². The van der Waals surface area contributed by atoms with E-state index in [1.807, 2.05) is 13.8 Å². The van der Waals surface area contributed by atoms with E-state index in [-0.39, 0.29) is 41.1 Å². The molecule has 0 unspecified atom stereocenters. The summed E-state index contributed by atoms with van der Waals surface area (Å²) in [5.41, 5.74) is 5.04. The van der Waals surface area contributed by atoms with E-state index < -0.39 is 29.0 Å². The van der Waals surface area contributed by atoms with Gasteiger partial charge in [0.25, 0.3) is 5.91 Å². The molecule has 0 spiro atoms. The largest absolute Gasteiger partial charge is 0.435 e. The molecular formula is C27H36F3N5O2. The summed E-state index contributed by atoms with van der Waals surface area (Å²) in [7, 11) is 0. The van der Waals surface area contributed by atoms with Crippen molar-refractivity contribution < 1.29 is 22.8 Å². The Kier molecular flexibility index (Phi) is 6.94. The van der Waals surface area contributed by atoms with Crippen molar-refractivity contribution in [2.75, 3.05) is 25.0 Å². The molecule has 1 atom stereocenters. The second kappa shape index (κ2) is 9.45. The Morgan fingerprint density at radius 3 is 2.54 bits per heavy atom. The van der Waals surface area contributed by atoms with Crippen LogP contribution in [0.1, 0.15) is 86.0 Å². The minimum atomic E-state index is -4.76. The first kappa shape index (κ1) is 27.2. The zero-order valence-corrected chi connectivity index (χ0v) is 22.1. The smallest absolute Gasteiger partial charge is 0.380 e. The lowest BCUT2D eigenvalue weighted by atomic mass is 9.75. The number of anilines is 1. The number of rotatable bonds is 5. The van der Waals surface area contributed by atoms with Gasteiger partial charge in [0, 0.05) is 31.2 Å². The van der Waals surface area contributed by atoms with Gasteiger partial charge in [-0.15, -0.1) is 0 Å². The van der Waals surface area contributed by atoms with Gasteiger partial charge in [0.2, 0.25) is 0 Å². The lowest BCUT2D eigenvalue weighted by Crippen LogP contribution is -2.45. The van der Waals surface area contributed by atoms with Gasteiger partial charge in [0.05, 0.1) is 22.5 Å². The minimum absolute atomic E-state index is 0.0228. The van der Waals surface area contributed by atoms with E-state index in [0.717, 1.165) is 32.5 Å². The van der Waals surface area contributed by atoms with Crippen molar-refractivity contribution in [1.29, 1.82) is 0 Å². The summed E-state index contributed by atoms with van der Waals surface area (Å²) < 4.78 is 42.8. The summed E-state index contributed by atoms with van der Waals surface area (Å²) in [6.07, 6.45) is -2.60. The normalized spacial score (nSPS) is 20.5. The maximum Gasteiger partial charge on any atom is 0.435 e. The second-order valence-electron chi connectivity index (χ2n) is 12.4. The zero-order valence-electron chi connectivity index (χ0n) is 22.1. The molecule has 1 aromatic carbocycles. The van der Waals surface area contributed by atoms with Gasteiger partial charge in [0.1, 0.15) is 0 Å². The molecule has 4 rings (SSSR count). The Bertz CT molecular complexity index is 1210. The van der Waals surface area contributed by atoms with Crippen molar-refractivity contribution in [2.45, 2.75) is 72.5 Å². The molecule has 202 valence electrons. The number of amides is 1. The summed E-state index contributed by atoms with van der Waals surface area (Å²) in [6.45, 7) is 13.0. The van der Waals surface area contributed by atoms with Crippen LogP contribution in [0, 0.1) is 10.8 Å². The van der Waals surface area contributed by atoms with Crippen molar-refractivity contribution in [3.63, 3.8) is 0 Å². The molecule has 2 aliphatic rings. The Labute approximate surface area is 215 Å². The van der Waals surface area contributed by atoms with Crippen LogP contribution in [0.5, 0.6) is 0 Å². The van der Waals surface area contributed by atoms with E-state index in [4.69, 9.17) is 5.73 Å². The van der Waals surface area contributed by atoms with Crippen molar-refractivity contribution in [3.8, 4) is 5.69 Å². The van der Waals surface area contributed by atoms with Crippen molar-refractivity contribution in [3.05, 3.63) is 40.7 Å². The number of aromatic nitrogens is 2. The molecule has 1 saturated heterocycles. The topological polar surface area (TPSA) is 93.2 Å². The number of nitrogens with zero attached hydrogens (tertiary/aromatic N) is 3. The molecule has 1 aliphatic heterocycles. The monoisotopic (exact) mass is 519 g/mol. The maximum atomic E-state index is 13.9. The standard InChI is InChI=1S/C27H36F3N5O2/c1-25(2,3)15-34-10-6-7-16(14-34)32-19-11-17(8-9-18(19)24(31)37)35-20-12-26(4,5)13-21(36)22(20)23(33-35)27(28,29)30/h8-9,11,16,32H,6-7,10,12-15H2,1-5H3,(H2,31,37)/t16-/m0/s1. The number of fused-ring (bicyclic) bond motifs is 1. The van der Waals surface area contributed by atoms with E-state index in [1.165, 1.54) is 16.8 Å². The number of halogens is 3. The highest BCUT2D eigenvalue weighted by Gasteiger charge is 2.45. The van der Waals surface area contributed by atoms with Gasteiger partial charge in [-0.25, -0.2) is 4.68 Å². The number of nitrogens with two attached hydrogens (primary N) is 1. The van der Waals surface area contributed by atoms with E-state index in [9.17, 15) is 22.8 Å². The number of hydrogen-bond acceptors (Lipinski definition) is 5. The van der Waals surface area contributed by atoms with Crippen LogP contribution < -0.4 is 11.1 Å². The van der Waals surface area contributed by atoms with Gasteiger partial charge in [-0.05, 0) is 54.8 Å². The molecule has 3 N–H and O–H groups in total. The number of ketones is 1. The van der Waals surface area contributed by atoms with E-state index >= 15 is 0 Å². The molecule has 0 saturated carbocycles. The van der Waals surface area contributed by atoms with Crippen LogP contribution in [-0.2, 0) is 12.6 Å². The average Bonchev–Trinajstić information content (AvgIpc) is 3.11. The summed E-state index contributed by atoms with van der Waals surface area (Å²) >= 11 is 0. The fraction of sp³-hybridized carbons (Fsp3) is 0.593. The number of likely N-dealkylation sites (tertiary alicyclic amines) is 1. The highest BCUT2D eigenvalue weighted by molar-refractivity contribution is 6.00. The van der Waals surface area contributed by atoms with Crippen LogP contribution in [0.2, 0.25) is 0 Å². The number of carbonyl (C=O) groups is 2. The second-order valence-corrected chi connectivity index (χ2v) is 12.4. The third kappa shape index (κ3) is 6.00. The van der Waals surface area contributed by atoms with Gasteiger partial charge in [-0.1, -0.05) is 34.6 Å². The number of primary amides is 1. The number of benzene rings is 1. The van der Waals surface area contributed by atoms with Gasteiger partial charge < -0.3 is 16.0 Å². The van der Waals surface area contributed by atoms with Crippen LogP contribution in [0.25, 0.3) is 5.69 Å². The number of hydrogen-bond donors (Lipinski definition) is 2. The Morgan fingerprint density at radius 2 is 1.92 bits per heavy atom. The molecule has 1 aromatic heterocycles. The van der Waals surface area contributed by atoms with Crippen molar-refractivity contribution in [2.24, 2.45) is 16.6 Å². The van der Waals surface area contributed by atoms with Crippen LogP contribution in [0.15, 0.2) is 18.2 Å². The van der Waals surface area contributed by atoms with Crippen LogP contribution in [0.3, 0.4) is 0 Å². The van der Waals surface area contributed by atoms with E-state index in [0.29, 0.717) is 11.4 Å². The molecule has 0 bridgehead atoms. The highest BCUT2D eigenvalue weighted by atomic mass is 19.4.